The molecule has 0 spiro atoms. The van der Waals surface area contributed by atoms with Gasteiger partial charge in [-0.15, -0.1) is 0 Å². The number of rotatable bonds is 2. The Labute approximate surface area is 116 Å². The minimum absolute atomic E-state index is 0.0270. The summed E-state index contributed by atoms with van der Waals surface area (Å²) in [6.45, 7) is 1.97. The van der Waals surface area contributed by atoms with Crippen molar-refractivity contribution in [3.8, 4) is 0 Å². The maximum Gasteiger partial charge on any atom is 0.251 e. The van der Waals surface area contributed by atoms with Crippen molar-refractivity contribution in [3.05, 3.63) is 33.8 Å². The fourth-order valence-corrected chi connectivity index (χ4v) is 2.96. The molecule has 0 saturated heterocycles. The van der Waals surface area contributed by atoms with Crippen LogP contribution in [0.5, 0.6) is 0 Å². The van der Waals surface area contributed by atoms with Gasteiger partial charge in [0.1, 0.15) is 0 Å². The van der Waals surface area contributed by atoms with E-state index < -0.39 is 0 Å². The average Bonchev–Trinajstić information content (AvgIpc) is 2.31. The van der Waals surface area contributed by atoms with Crippen LogP contribution in [-0.2, 0) is 0 Å². The van der Waals surface area contributed by atoms with Crippen LogP contribution >= 0.6 is 15.9 Å². The molecule has 1 fully saturated rings. The number of hydrogen-bond donors (Lipinski definition) is 2. The van der Waals surface area contributed by atoms with Crippen molar-refractivity contribution >= 4 is 21.8 Å². The molecular weight excluding hydrogens is 294 g/mol. The Morgan fingerprint density at radius 2 is 1.94 bits per heavy atom. The summed E-state index contributed by atoms with van der Waals surface area (Å²) in [6, 6.07) is 5.89. The van der Waals surface area contributed by atoms with Crippen LogP contribution in [0, 0.1) is 6.92 Å². The third-order valence-corrected chi connectivity index (χ3v) is 3.79. The van der Waals surface area contributed by atoms with Crippen molar-refractivity contribution in [2.75, 3.05) is 0 Å². The molecule has 0 aliphatic heterocycles. The smallest absolute Gasteiger partial charge is 0.251 e. The summed E-state index contributed by atoms with van der Waals surface area (Å²) in [7, 11) is 0. The predicted molar refractivity (Wildman–Crippen MR) is 74.6 cm³/mol. The molecule has 1 aromatic rings. The highest BCUT2D eigenvalue weighted by Crippen LogP contribution is 2.20. The van der Waals surface area contributed by atoms with Gasteiger partial charge in [0.25, 0.3) is 5.91 Å². The van der Waals surface area contributed by atoms with E-state index in [0.29, 0.717) is 5.56 Å². The first-order valence-corrected chi connectivity index (χ1v) is 7.10. The zero-order chi connectivity index (χ0) is 13.1. The van der Waals surface area contributed by atoms with E-state index in [2.05, 4.69) is 21.2 Å². The average molecular weight is 312 g/mol. The van der Waals surface area contributed by atoms with Crippen LogP contribution in [0.3, 0.4) is 0 Å². The maximum absolute atomic E-state index is 12.1. The second kappa shape index (κ2) is 5.85. The lowest BCUT2D eigenvalue weighted by Crippen LogP contribution is -2.38. The second-order valence-corrected chi connectivity index (χ2v) is 5.91. The van der Waals surface area contributed by atoms with Crippen LogP contribution in [0.1, 0.15) is 41.6 Å². The lowest BCUT2D eigenvalue weighted by Gasteiger charge is -2.26. The highest BCUT2D eigenvalue weighted by molar-refractivity contribution is 9.10. The van der Waals surface area contributed by atoms with Gasteiger partial charge in [-0.05, 0) is 56.4 Å². The summed E-state index contributed by atoms with van der Waals surface area (Å²) in [4.78, 5) is 12.1. The molecule has 3 nitrogen and oxygen atoms in total. The van der Waals surface area contributed by atoms with E-state index in [-0.39, 0.29) is 18.1 Å². The summed E-state index contributed by atoms with van der Waals surface area (Å²) >= 11 is 3.40. The van der Waals surface area contributed by atoms with Crippen molar-refractivity contribution in [2.45, 2.75) is 44.8 Å². The van der Waals surface area contributed by atoms with Crippen LogP contribution in [0.4, 0.5) is 0 Å². The van der Waals surface area contributed by atoms with Crippen molar-refractivity contribution < 1.29 is 9.90 Å². The third-order valence-electron chi connectivity index (χ3n) is 3.34. The fraction of sp³-hybridized carbons (Fsp3) is 0.500. The SMILES string of the molecule is Cc1cc(Br)cc(C(=O)NC2CCC(O)CC2)c1. The molecule has 0 atom stereocenters. The molecule has 18 heavy (non-hydrogen) atoms. The Morgan fingerprint density at radius 3 is 2.56 bits per heavy atom. The number of amides is 1. The van der Waals surface area contributed by atoms with Gasteiger partial charge in [0, 0.05) is 16.1 Å². The lowest BCUT2D eigenvalue weighted by molar-refractivity contribution is 0.0867. The molecule has 1 aromatic carbocycles. The predicted octanol–water partition coefficient (Wildman–Crippen LogP) is 2.79. The Morgan fingerprint density at radius 1 is 1.28 bits per heavy atom. The van der Waals surface area contributed by atoms with Crippen LogP contribution in [0.25, 0.3) is 0 Å². The second-order valence-electron chi connectivity index (χ2n) is 5.00. The van der Waals surface area contributed by atoms with Gasteiger partial charge in [0.2, 0.25) is 0 Å². The molecule has 0 radical (unpaired) electrons. The van der Waals surface area contributed by atoms with Crippen molar-refractivity contribution in [1.29, 1.82) is 0 Å². The van der Waals surface area contributed by atoms with Gasteiger partial charge < -0.3 is 10.4 Å². The maximum atomic E-state index is 12.1. The highest BCUT2D eigenvalue weighted by Gasteiger charge is 2.21. The monoisotopic (exact) mass is 311 g/mol. The van der Waals surface area contributed by atoms with Gasteiger partial charge in [-0.2, -0.15) is 0 Å². The zero-order valence-corrected chi connectivity index (χ0v) is 12.0. The van der Waals surface area contributed by atoms with Gasteiger partial charge in [-0.1, -0.05) is 15.9 Å². The van der Waals surface area contributed by atoms with Crippen LogP contribution < -0.4 is 5.32 Å². The Hall–Kier alpha value is -0.870. The van der Waals surface area contributed by atoms with E-state index in [1.165, 1.54) is 0 Å². The quantitative estimate of drug-likeness (QED) is 0.882. The van der Waals surface area contributed by atoms with Gasteiger partial charge in [-0.3, -0.25) is 4.79 Å². The third kappa shape index (κ3) is 3.56. The molecular formula is C14H18BrNO2. The number of aryl methyl sites for hydroxylation is 1. The van der Waals surface area contributed by atoms with E-state index in [1.54, 1.807) is 0 Å². The number of halogens is 1. The van der Waals surface area contributed by atoms with Crippen molar-refractivity contribution in [2.24, 2.45) is 0 Å². The van der Waals surface area contributed by atoms with Gasteiger partial charge in [0.15, 0.2) is 0 Å². The molecule has 4 heteroatoms. The summed E-state index contributed by atoms with van der Waals surface area (Å²) in [5.74, 6) is -0.0270. The number of hydrogen-bond acceptors (Lipinski definition) is 2. The summed E-state index contributed by atoms with van der Waals surface area (Å²) in [6.07, 6.45) is 3.09. The summed E-state index contributed by atoms with van der Waals surface area (Å²) < 4.78 is 0.923. The lowest BCUT2D eigenvalue weighted by atomic mass is 9.93. The Bertz CT molecular complexity index is 419. The topological polar surface area (TPSA) is 49.3 Å². The first-order valence-electron chi connectivity index (χ1n) is 6.31. The van der Waals surface area contributed by atoms with Gasteiger partial charge in [-0.25, -0.2) is 0 Å². The molecule has 1 aliphatic carbocycles. The molecule has 0 unspecified atom stereocenters. The Balaban J connectivity index is 1.99. The molecule has 0 heterocycles. The van der Waals surface area contributed by atoms with Crippen LogP contribution in [-0.4, -0.2) is 23.2 Å². The number of aliphatic hydroxyl groups excluding tert-OH is 1. The number of nitrogens with one attached hydrogen (secondary N) is 1. The molecule has 1 saturated carbocycles. The van der Waals surface area contributed by atoms with Gasteiger partial charge >= 0.3 is 0 Å². The van der Waals surface area contributed by atoms with E-state index >= 15 is 0 Å². The number of carbonyl (C=O) groups excluding carboxylic acids is 1. The minimum Gasteiger partial charge on any atom is -0.393 e. The van der Waals surface area contributed by atoms with E-state index in [1.807, 2.05) is 25.1 Å². The van der Waals surface area contributed by atoms with E-state index in [0.717, 1.165) is 35.7 Å². The molecule has 2 N–H and O–H groups in total. The largest absolute Gasteiger partial charge is 0.393 e. The number of benzene rings is 1. The molecule has 2 rings (SSSR count). The van der Waals surface area contributed by atoms with E-state index in [9.17, 15) is 9.90 Å². The van der Waals surface area contributed by atoms with Crippen LogP contribution in [0.2, 0.25) is 0 Å². The van der Waals surface area contributed by atoms with Crippen LogP contribution in [0.15, 0.2) is 22.7 Å². The number of aliphatic hydroxyl groups is 1. The first-order chi connectivity index (χ1) is 8.54. The summed E-state index contributed by atoms with van der Waals surface area (Å²) in [5.41, 5.74) is 1.75. The first kappa shape index (κ1) is 13.6. The molecule has 1 aliphatic rings. The Kier molecular flexibility index (Phi) is 4.40. The number of carbonyl (C=O) groups is 1. The zero-order valence-electron chi connectivity index (χ0n) is 10.4. The fourth-order valence-electron chi connectivity index (χ4n) is 2.36. The van der Waals surface area contributed by atoms with Crippen molar-refractivity contribution in [3.63, 3.8) is 0 Å². The highest BCUT2D eigenvalue weighted by atomic mass is 79.9. The molecule has 1 amide bonds. The standard InChI is InChI=1S/C14H18BrNO2/c1-9-6-10(8-11(15)7-9)14(18)16-12-2-4-13(17)5-3-12/h6-8,12-13,17H,2-5H2,1H3,(H,16,18). The normalized spacial score (nSPS) is 23.7. The molecule has 98 valence electrons. The summed E-state index contributed by atoms with van der Waals surface area (Å²) in [5, 5.41) is 12.5. The van der Waals surface area contributed by atoms with Crippen molar-refractivity contribution in [1.82, 2.24) is 5.32 Å². The molecule has 0 bridgehead atoms. The molecule has 0 aromatic heterocycles. The van der Waals surface area contributed by atoms with Gasteiger partial charge in [0.05, 0.1) is 6.10 Å². The van der Waals surface area contributed by atoms with E-state index in [4.69, 9.17) is 0 Å². The minimum atomic E-state index is -0.189.